The molecule has 0 atom stereocenters. The van der Waals surface area contributed by atoms with Crippen molar-refractivity contribution in [2.24, 2.45) is 10.2 Å². The van der Waals surface area contributed by atoms with Crippen LogP contribution in [0.25, 0.3) is 0 Å². The third-order valence-electron chi connectivity index (χ3n) is 5.80. The smallest absolute Gasteiger partial charge is 0.161 e. The Balaban J connectivity index is 0.000000200. The zero-order valence-electron chi connectivity index (χ0n) is 21.1. The molecule has 0 spiro atoms. The minimum absolute atomic E-state index is 0. The minimum Gasteiger partial charge on any atom is -0.456 e. The largest absolute Gasteiger partial charge is 0.456 e. The predicted octanol–water partition coefficient (Wildman–Crippen LogP) is 6.31. The quantitative estimate of drug-likeness (QED) is 0.266. The van der Waals surface area contributed by atoms with Gasteiger partial charge < -0.3 is 14.8 Å². The number of rotatable bonds is 4. The maximum atomic E-state index is 4.59. The summed E-state index contributed by atoms with van der Waals surface area (Å²) in [5.74, 6) is 1.95. The van der Waals surface area contributed by atoms with Crippen molar-refractivity contribution < 1.29 is 32.7 Å². The molecule has 4 aromatic carbocycles. The van der Waals surface area contributed by atoms with Gasteiger partial charge in [-0.2, -0.15) is 10.2 Å². The van der Waals surface area contributed by atoms with Crippen LogP contribution in [0.15, 0.2) is 132 Å². The van der Waals surface area contributed by atoms with Gasteiger partial charge in [-0.15, -0.1) is 6.67 Å². The van der Waals surface area contributed by atoms with Crippen molar-refractivity contribution in [3.8, 4) is 0 Å². The molecular formula is C31H33N6Y-. The van der Waals surface area contributed by atoms with Crippen LogP contribution in [0, 0.1) is 6.67 Å². The molecule has 4 aromatic rings. The Labute approximate surface area is 251 Å². The topological polar surface area (TPSA) is 37.7 Å². The number of anilines is 2. The summed E-state index contributed by atoms with van der Waals surface area (Å²) in [5.41, 5.74) is 4.54. The molecule has 6 nitrogen and oxygen atoms in total. The molecule has 0 saturated heterocycles. The average molecular weight is 579 g/mol. The van der Waals surface area contributed by atoms with Gasteiger partial charge >= 0.3 is 0 Å². The van der Waals surface area contributed by atoms with E-state index < -0.39 is 0 Å². The van der Waals surface area contributed by atoms with E-state index in [4.69, 9.17) is 0 Å². The van der Waals surface area contributed by atoms with Crippen LogP contribution in [0.2, 0.25) is 0 Å². The molecule has 0 amide bonds. The molecule has 2 aliphatic heterocycles. The standard InChI is InChI=1S/C15H15N3.C15H14N3.CH4.Y/c2*1-17-12-18(14-10-6-3-7-11-14)15(16-17)13-8-4-2-5-9-13;;/h2-11H,12H2,1H3;2-12H,1H3;1H4;/q;-1;;. The summed E-state index contributed by atoms with van der Waals surface area (Å²) in [6, 6.07) is 41.1. The van der Waals surface area contributed by atoms with Crippen molar-refractivity contribution in [1.82, 2.24) is 10.0 Å². The van der Waals surface area contributed by atoms with E-state index in [9.17, 15) is 0 Å². The van der Waals surface area contributed by atoms with Crippen LogP contribution in [-0.2, 0) is 32.7 Å². The van der Waals surface area contributed by atoms with Crippen molar-refractivity contribution >= 4 is 23.0 Å². The molecule has 6 rings (SSSR count). The number of para-hydroxylation sites is 2. The van der Waals surface area contributed by atoms with Crippen molar-refractivity contribution in [3.63, 3.8) is 0 Å². The molecule has 7 heteroatoms. The second-order valence-corrected chi connectivity index (χ2v) is 8.54. The summed E-state index contributed by atoms with van der Waals surface area (Å²) >= 11 is 0. The Hall–Kier alpha value is -3.48. The third kappa shape index (κ3) is 6.88. The monoisotopic (exact) mass is 578 g/mol. The number of benzene rings is 4. The van der Waals surface area contributed by atoms with E-state index in [-0.39, 0.29) is 40.1 Å². The van der Waals surface area contributed by atoms with Gasteiger partial charge in [-0.3, -0.25) is 5.01 Å². The second-order valence-electron chi connectivity index (χ2n) is 8.54. The molecule has 0 aromatic heterocycles. The van der Waals surface area contributed by atoms with Gasteiger partial charge in [0.05, 0.1) is 0 Å². The number of hydrogen-bond acceptors (Lipinski definition) is 6. The molecule has 0 bridgehead atoms. The molecule has 0 saturated carbocycles. The van der Waals surface area contributed by atoms with Crippen molar-refractivity contribution in [1.29, 1.82) is 0 Å². The van der Waals surface area contributed by atoms with E-state index in [0.29, 0.717) is 0 Å². The van der Waals surface area contributed by atoms with Crippen molar-refractivity contribution in [2.75, 3.05) is 30.6 Å². The summed E-state index contributed by atoms with van der Waals surface area (Å²) in [5, 5.41) is 12.9. The Kier molecular flexibility index (Phi) is 10.6. The molecule has 191 valence electrons. The van der Waals surface area contributed by atoms with Gasteiger partial charge in [-0.25, -0.2) is 0 Å². The van der Waals surface area contributed by atoms with Crippen LogP contribution in [-0.4, -0.2) is 42.5 Å². The van der Waals surface area contributed by atoms with Gasteiger partial charge in [0.25, 0.3) is 0 Å². The number of hydrazone groups is 2. The van der Waals surface area contributed by atoms with Gasteiger partial charge in [0, 0.05) is 62.3 Å². The second kappa shape index (κ2) is 13.9. The Bertz CT molecular complexity index is 1210. The normalized spacial score (nSPS) is 14.1. The maximum absolute atomic E-state index is 4.59. The fourth-order valence-electron chi connectivity index (χ4n) is 4.14. The first-order valence-corrected chi connectivity index (χ1v) is 11.9. The third-order valence-corrected chi connectivity index (χ3v) is 5.80. The van der Waals surface area contributed by atoms with E-state index in [0.717, 1.165) is 35.2 Å². The van der Waals surface area contributed by atoms with E-state index in [2.05, 4.69) is 80.7 Å². The number of amidine groups is 2. The molecule has 2 aliphatic rings. The van der Waals surface area contributed by atoms with Crippen LogP contribution in [0.3, 0.4) is 0 Å². The first-order valence-electron chi connectivity index (χ1n) is 11.9. The van der Waals surface area contributed by atoms with E-state index in [1.807, 2.05) is 91.4 Å². The summed E-state index contributed by atoms with van der Waals surface area (Å²) < 4.78 is 0. The first kappa shape index (κ1) is 29.1. The number of nitrogens with zero attached hydrogens (tertiary/aromatic N) is 6. The van der Waals surface area contributed by atoms with E-state index in [1.54, 1.807) is 0 Å². The Morgan fingerprint density at radius 1 is 0.579 bits per heavy atom. The van der Waals surface area contributed by atoms with Gasteiger partial charge in [-0.05, 0) is 31.3 Å². The van der Waals surface area contributed by atoms with Gasteiger partial charge in [0.1, 0.15) is 12.5 Å². The van der Waals surface area contributed by atoms with Crippen molar-refractivity contribution in [2.45, 2.75) is 7.43 Å². The summed E-state index contributed by atoms with van der Waals surface area (Å²) in [4.78, 5) is 4.31. The van der Waals surface area contributed by atoms with Crippen molar-refractivity contribution in [3.05, 3.63) is 139 Å². The van der Waals surface area contributed by atoms with Gasteiger partial charge in [-0.1, -0.05) is 104 Å². The Morgan fingerprint density at radius 3 is 1.55 bits per heavy atom. The zero-order chi connectivity index (χ0) is 24.7. The molecule has 38 heavy (non-hydrogen) atoms. The van der Waals surface area contributed by atoms with Crippen LogP contribution >= 0.6 is 0 Å². The van der Waals surface area contributed by atoms with Gasteiger partial charge in [0.15, 0.2) is 5.84 Å². The molecule has 0 fully saturated rings. The first-order chi connectivity index (χ1) is 17.7. The van der Waals surface area contributed by atoms with Crippen LogP contribution in [0.1, 0.15) is 18.6 Å². The summed E-state index contributed by atoms with van der Waals surface area (Å²) in [7, 11) is 3.93. The molecule has 1 radical (unpaired) electrons. The Morgan fingerprint density at radius 2 is 1.03 bits per heavy atom. The van der Waals surface area contributed by atoms with Crippen LogP contribution < -0.4 is 9.80 Å². The predicted molar refractivity (Wildman–Crippen MR) is 155 cm³/mol. The number of hydrogen-bond donors (Lipinski definition) is 0. The van der Waals surface area contributed by atoms with E-state index >= 15 is 0 Å². The summed E-state index contributed by atoms with van der Waals surface area (Å²) in [6.45, 7) is 2.77. The maximum Gasteiger partial charge on any atom is 0.161 e. The zero-order valence-corrected chi connectivity index (χ0v) is 23.9. The fourth-order valence-corrected chi connectivity index (χ4v) is 4.14. The minimum atomic E-state index is 0. The molecule has 0 aliphatic carbocycles. The molecule has 0 unspecified atom stereocenters. The molecule has 0 N–H and O–H groups in total. The molecular weight excluding hydrogens is 545 g/mol. The average Bonchev–Trinajstić information content (AvgIpc) is 3.54. The van der Waals surface area contributed by atoms with Gasteiger partial charge in [0.2, 0.25) is 0 Å². The van der Waals surface area contributed by atoms with Crippen LogP contribution in [0.5, 0.6) is 0 Å². The SMILES string of the molecule is C.CN1CN(c2ccccc2)C(c2ccccc2)=N1.CN1[CH-]N(c2ccccc2)C(c2ccccc2)=N1.[Y]. The molecule has 2 heterocycles. The van der Waals surface area contributed by atoms with E-state index in [1.165, 1.54) is 5.69 Å². The summed E-state index contributed by atoms with van der Waals surface area (Å²) in [6.07, 6.45) is 0. The van der Waals surface area contributed by atoms with Crippen LogP contribution in [0.4, 0.5) is 11.4 Å². The fraction of sp³-hybridized carbons (Fsp3) is 0.129.